The van der Waals surface area contributed by atoms with Gasteiger partial charge in [-0.15, -0.1) is 0 Å². The molecule has 7 aliphatic carbocycles. The van der Waals surface area contributed by atoms with Gasteiger partial charge in [0.2, 0.25) is 5.71 Å². The van der Waals surface area contributed by atoms with Crippen LogP contribution < -0.4 is 4.90 Å². The van der Waals surface area contributed by atoms with Gasteiger partial charge in [0.25, 0.3) is 0 Å². The van der Waals surface area contributed by atoms with E-state index >= 15 is 0 Å². The van der Waals surface area contributed by atoms with E-state index in [0.29, 0.717) is 11.8 Å². The molecule has 7 unspecified atom stereocenters. The summed E-state index contributed by atoms with van der Waals surface area (Å²) in [6.07, 6.45) is 41.6. The molecule has 4 nitrogen and oxygen atoms in total. The Kier molecular flexibility index (Phi) is 6.72. The maximum atomic E-state index is 7.04. The van der Waals surface area contributed by atoms with Crippen molar-refractivity contribution in [3.05, 3.63) is 202 Å². The molecule has 7 atom stereocenters. The SMILES string of the molecule is C1=CCC(n2c3cc(C4C5=C(CCC=C5)C(c5ccc6c(c5)N(C5=CCCC=C5)C5OC7=C(C=CC8CC78)C65)=C5C=CC=CC54)ccc3c3c4ccccc4oc32)C=C1. The minimum Gasteiger partial charge on any atom is -0.473 e. The number of para-hydroxylation sites is 1. The third-order valence-electron chi connectivity index (χ3n) is 14.8. The first kappa shape index (κ1) is 32.7. The van der Waals surface area contributed by atoms with Crippen LogP contribution in [0.5, 0.6) is 0 Å². The number of benzene rings is 3. The zero-order valence-electron chi connectivity index (χ0n) is 32.9. The van der Waals surface area contributed by atoms with Crippen LogP contribution in [-0.4, -0.2) is 10.8 Å². The summed E-state index contributed by atoms with van der Waals surface area (Å²) < 4.78 is 16.2. The predicted octanol–water partition coefficient (Wildman–Crippen LogP) is 13.5. The molecule has 2 aliphatic heterocycles. The number of hydrogen-bond acceptors (Lipinski definition) is 3. The van der Waals surface area contributed by atoms with Crippen LogP contribution in [-0.2, 0) is 4.74 Å². The highest BCUT2D eigenvalue weighted by molar-refractivity contribution is 6.19. The lowest BCUT2D eigenvalue weighted by atomic mass is 9.64. The number of furan rings is 1. The second kappa shape index (κ2) is 12.1. The monoisotopic (exact) mass is 764 g/mol. The lowest BCUT2D eigenvalue weighted by Gasteiger charge is -2.39. The van der Waals surface area contributed by atoms with Gasteiger partial charge in [0.15, 0.2) is 6.23 Å². The minimum absolute atomic E-state index is 0.0245. The number of hydrogen-bond donors (Lipinski definition) is 0. The molecule has 0 radical (unpaired) electrons. The number of ether oxygens (including phenoxy) is 1. The van der Waals surface area contributed by atoms with Crippen molar-refractivity contribution >= 4 is 44.2 Å². The van der Waals surface area contributed by atoms with Gasteiger partial charge in [-0.3, -0.25) is 0 Å². The van der Waals surface area contributed by atoms with Crippen LogP contribution in [0.1, 0.15) is 73.1 Å². The molecule has 5 aromatic rings. The molecule has 286 valence electrons. The molecule has 0 bridgehead atoms. The average Bonchev–Trinajstić information content (AvgIpc) is 3.54. The number of anilines is 1. The van der Waals surface area contributed by atoms with Gasteiger partial charge in [-0.2, -0.15) is 0 Å². The molecule has 4 heterocycles. The summed E-state index contributed by atoms with van der Waals surface area (Å²) >= 11 is 0. The van der Waals surface area contributed by atoms with Gasteiger partial charge >= 0.3 is 0 Å². The fraction of sp³-hybridized carbons (Fsp3) is 0.236. The maximum Gasteiger partial charge on any atom is 0.209 e. The fourth-order valence-electron chi connectivity index (χ4n) is 12.2. The number of rotatable bonds is 4. The topological polar surface area (TPSA) is 30.5 Å². The van der Waals surface area contributed by atoms with Crippen molar-refractivity contribution < 1.29 is 9.15 Å². The van der Waals surface area contributed by atoms with E-state index in [4.69, 9.17) is 9.15 Å². The fourth-order valence-corrected chi connectivity index (χ4v) is 12.2. The molecule has 2 aromatic heterocycles. The highest BCUT2D eigenvalue weighted by Gasteiger charge is 2.55. The predicted molar refractivity (Wildman–Crippen MR) is 239 cm³/mol. The first-order chi connectivity index (χ1) is 29.3. The van der Waals surface area contributed by atoms with E-state index in [1.54, 1.807) is 0 Å². The zero-order chi connectivity index (χ0) is 38.3. The van der Waals surface area contributed by atoms with E-state index in [1.807, 2.05) is 0 Å². The second-order valence-electron chi connectivity index (χ2n) is 17.9. The Balaban J connectivity index is 0.932. The lowest BCUT2D eigenvalue weighted by molar-refractivity contribution is 0.130. The molecule has 1 saturated carbocycles. The van der Waals surface area contributed by atoms with Crippen LogP contribution in [0, 0.1) is 17.8 Å². The number of nitrogens with zero attached hydrogens (tertiary/aromatic N) is 2. The van der Waals surface area contributed by atoms with E-state index in [9.17, 15) is 0 Å². The molecule has 14 rings (SSSR count). The molecule has 0 N–H and O–H groups in total. The number of aromatic nitrogens is 1. The Morgan fingerprint density at radius 3 is 2.59 bits per heavy atom. The van der Waals surface area contributed by atoms with Gasteiger partial charge in [0, 0.05) is 45.5 Å². The van der Waals surface area contributed by atoms with Crippen molar-refractivity contribution in [1.29, 1.82) is 0 Å². The van der Waals surface area contributed by atoms with Gasteiger partial charge in [-0.05, 0) is 108 Å². The summed E-state index contributed by atoms with van der Waals surface area (Å²) in [6.45, 7) is 0. The lowest BCUT2D eigenvalue weighted by Crippen LogP contribution is -2.33. The molecule has 59 heavy (non-hydrogen) atoms. The molecule has 0 amide bonds. The Labute approximate surface area is 344 Å². The molecule has 0 saturated heterocycles. The molecular formula is C55H44N2O2. The number of allylic oxidation sites excluding steroid dienone is 20. The maximum absolute atomic E-state index is 7.04. The normalized spacial score (nSPS) is 29.3. The van der Waals surface area contributed by atoms with E-state index < -0.39 is 0 Å². The average molecular weight is 765 g/mol. The Bertz CT molecular complexity index is 3080. The quantitative estimate of drug-likeness (QED) is 0.183. The summed E-state index contributed by atoms with van der Waals surface area (Å²) in [6, 6.07) is 23.4. The van der Waals surface area contributed by atoms with Gasteiger partial charge in [0.1, 0.15) is 11.3 Å². The van der Waals surface area contributed by atoms with Gasteiger partial charge in [-0.1, -0.05) is 128 Å². The summed E-state index contributed by atoms with van der Waals surface area (Å²) in [4.78, 5) is 2.55. The van der Waals surface area contributed by atoms with Crippen LogP contribution in [0.4, 0.5) is 5.69 Å². The van der Waals surface area contributed by atoms with E-state index in [-0.39, 0.29) is 30.0 Å². The van der Waals surface area contributed by atoms with Crippen molar-refractivity contribution in [1.82, 2.24) is 4.57 Å². The first-order valence-corrected chi connectivity index (χ1v) is 21.9. The highest BCUT2D eigenvalue weighted by Crippen LogP contribution is 2.61. The van der Waals surface area contributed by atoms with Crippen LogP contribution in [0.2, 0.25) is 0 Å². The van der Waals surface area contributed by atoms with Crippen LogP contribution >= 0.6 is 0 Å². The second-order valence-corrected chi connectivity index (χ2v) is 17.9. The van der Waals surface area contributed by atoms with Crippen molar-refractivity contribution in [2.75, 3.05) is 4.90 Å². The van der Waals surface area contributed by atoms with Crippen molar-refractivity contribution in [2.45, 2.75) is 62.6 Å². The van der Waals surface area contributed by atoms with Crippen molar-refractivity contribution in [3.63, 3.8) is 0 Å². The Hall–Kier alpha value is -6.26. The van der Waals surface area contributed by atoms with Crippen molar-refractivity contribution in [3.8, 4) is 0 Å². The van der Waals surface area contributed by atoms with E-state index in [1.165, 1.54) is 89.8 Å². The van der Waals surface area contributed by atoms with Crippen LogP contribution in [0.25, 0.3) is 38.5 Å². The molecule has 4 heteroatoms. The summed E-state index contributed by atoms with van der Waals surface area (Å²) in [5, 5.41) is 3.67. The third kappa shape index (κ3) is 4.55. The molecule has 9 aliphatic rings. The zero-order valence-corrected chi connectivity index (χ0v) is 32.9. The summed E-state index contributed by atoms with van der Waals surface area (Å²) in [5.74, 6) is 3.16. The van der Waals surface area contributed by atoms with Gasteiger partial charge in [-0.25, -0.2) is 0 Å². The summed E-state index contributed by atoms with van der Waals surface area (Å²) in [5.41, 5.74) is 17.1. The van der Waals surface area contributed by atoms with Gasteiger partial charge < -0.3 is 18.6 Å². The van der Waals surface area contributed by atoms with Crippen LogP contribution in [0.3, 0.4) is 0 Å². The molecule has 0 spiro atoms. The highest BCUT2D eigenvalue weighted by atomic mass is 16.5. The Morgan fingerprint density at radius 1 is 0.712 bits per heavy atom. The number of fused-ring (bicyclic) bond motifs is 12. The van der Waals surface area contributed by atoms with E-state index in [0.717, 1.165) is 43.4 Å². The Morgan fingerprint density at radius 2 is 1.66 bits per heavy atom. The van der Waals surface area contributed by atoms with E-state index in [2.05, 4.69) is 161 Å². The van der Waals surface area contributed by atoms with Crippen molar-refractivity contribution in [2.24, 2.45) is 17.8 Å². The largest absolute Gasteiger partial charge is 0.473 e. The first-order valence-electron chi connectivity index (χ1n) is 21.9. The summed E-state index contributed by atoms with van der Waals surface area (Å²) in [7, 11) is 0. The molecule has 3 aromatic carbocycles. The third-order valence-corrected chi connectivity index (χ3v) is 14.8. The van der Waals surface area contributed by atoms with Gasteiger partial charge in [0.05, 0.1) is 22.9 Å². The smallest absolute Gasteiger partial charge is 0.209 e. The molecule has 1 fully saturated rings. The van der Waals surface area contributed by atoms with Crippen LogP contribution in [0.15, 0.2) is 190 Å². The molecular weight excluding hydrogens is 721 g/mol. The standard InChI is InChI=1S/C55H44N2O2/c1-3-13-35(14-4-1)56-46-30-33(24-26-41(46)51-43-21-11-12-22-48(43)58-54(51)56)49-37-17-7-9-19-39(37)50(40-20-10-8-18-38(40)49)34-25-27-42-47(31-34)57(36-15-5-2-6-16-36)55-52(42)44-28-23-32-29-45(32)53(44)59-55/h1,3-5,7-9,11-13,15-19,21-28,30-32,35,37,45,49,52,55H,2,6,10,14,20,29H2. The minimum atomic E-state index is -0.0245.